The van der Waals surface area contributed by atoms with Gasteiger partial charge in [-0.3, -0.25) is 9.59 Å². The van der Waals surface area contributed by atoms with E-state index in [1.54, 1.807) is 12.1 Å². The molecule has 1 aromatic heterocycles. The number of fused-ring (bicyclic) bond motifs is 1. The van der Waals surface area contributed by atoms with Gasteiger partial charge in [0.15, 0.2) is 0 Å². The van der Waals surface area contributed by atoms with Gasteiger partial charge in [0.2, 0.25) is 15.9 Å². The summed E-state index contributed by atoms with van der Waals surface area (Å²) in [7, 11) is -3.82. The number of primary sulfonamides is 1. The molecule has 3 saturated heterocycles. The van der Waals surface area contributed by atoms with E-state index < -0.39 is 10.0 Å². The fraction of sp³-hybridized carbons (Fsp3) is 0.471. The molecule has 3 aromatic rings. The summed E-state index contributed by atoms with van der Waals surface area (Å²) in [5.74, 6) is 0.994. The third-order valence-electron chi connectivity index (χ3n) is 10.2. The van der Waals surface area contributed by atoms with Crippen LogP contribution in [0.5, 0.6) is 0 Å². The number of carbonyl (C=O) groups excluding carboxylic acids is 2. The first-order valence-corrected chi connectivity index (χ1v) is 17.3. The third kappa shape index (κ3) is 6.66. The zero-order valence-corrected chi connectivity index (χ0v) is 26.9. The van der Waals surface area contributed by atoms with Crippen LogP contribution in [0.3, 0.4) is 0 Å². The molecule has 4 heterocycles. The molecule has 2 amide bonds. The van der Waals surface area contributed by atoms with Gasteiger partial charge in [0.25, 0.3) is 5.91 Å². The summed E-state index contributed by atoms with van der Waals surface area (Å²) in [5, 5.41) is 5.29. The third-order valence-corrected chi connectivity index (χ3v) is 11.1. The average molecular weight is 631 g/mol. The van der Waals surface area contributed by atoms with E-state index in [9.17, 15) is 18.0 Å². The lowest BCUT2D eigenvalue weighted by atomic mass is 9.70. The molecule has 0 saturated carbocycles. The predicted octanol–water partition coefficient (Wildman–Crippen LogP) is 2.94. The number of amides is 2. The van der Waals surface area contributed by atoms with E-state index in [0.29, 0.717) is 36.1 Å². The van der Waals surface area contributed by atoms with Gasteiger partial charge in [-0.15, -0.1) is 0 Å². The molecule has 45 heavy (non-hydrogen) atoms. The van der Waals surface area contributed by atoms with E-state index in [-0.39, 0.29) is 28.5 Å². The second kappa shape index (κ2) is 12.6. The van der Waals surface area contributed by atoms with Crippen LogP contribution < -0.4 is 5.14 Å². The molecule has 2 atom stereocenters. The van der Waals surface area contributed by atoms with Crippen molar-refractivity contribution in [2.75, 3.05) is 45.8 Å². The number of carbonyl (C=O) groups is 2. The van der Waals surface area contributed by atoms with Crippen molar-refractivity contribution in [1.29, 1.82) is 0 Å². The van der Waals surface area contributed by atoms with Crippen molar-refractivity contribution in [2.24, 2.45) is 17.0 Å². The van der Waals surface area contributed by atoms with E-state index in [2.05, 4.69) is 39.1 Å². The lowest BCUT2D eigenvalue weighted by molar-refractivity contribution is -0.132. The molecule has 2 N–H and O–H groups in total. The first-order valence-electron chi connectivity index (χ1n) is 15.8. The second-order valence-corrected chi connectivity index (χ2v) is 14.6. The maximum Gasteiger partial charge on any atom is 0.257 e. The Morgan fingerprint density at radius 2 is 1.53 bits per heavy atom. The van der Waals surface area contributed by atoms with E-state index in [1.807, 2.05) is 29.7 Å². The summed E-state index contributed by atoms with van der Waals surface area (Å²) in [6, 6.07) is 17.0. The zero-order valence-electron chi connectivity index (χ0n) is 26.1. The number of sulfonamides is 1. The highest BCUT2D eigenvalue weighted by atomic mass is 32.2. The van der Waals surface area contributed by atoms with Crippen molar-refractivity contribution in [3.63, 3.8) is 0 Å². The Kier molecular flexibility index (Phi) is 8.78. The molecular weight excluding hydrogens is 588 g/mol. The monoisotopic (exact) mass is 630 g/mol. The smallest absolute Gasteiger partial charge is 0.257 e. The quantitative estimate of drug-likeness (QED) is 0.405. The highest BCUT2D eigenvalue weighted by Crippen LogP contribution is 2.40. The van der Waals surface area contributed by atoms with Gasteiger partial charge < -0.3 is 14.7 Å². The van der Waals surface area contributed by atoms with Crippen LogP contribution in [0.2, 0.25) is 0 Å². The van der Waals surface area contributed by atoms with Crippen LogP contribution in [0, 0.1) is 25.7 Å². The van der Waals surface area contributed by atoms with Gasteiger partial charge in [0.05, 0.1) is 28.3 Å². The molecule has 2 unspecified atom stereocenters. The number of benzene rings is 2. The zero-order chi connectivity index (χ0) is 31.8. The topological polar surface area (TPSA) is 130 Å². The Bertz CT molecular complexity index is 1640. The summed E-state index contributed by atoms with van der Waals surface area (Å²) < 4.78 is 23.5. The molecule has 238 valence electrons. The van der Waals surface area contributed by atoms with Crippen molar-refractivity contribution in [3.8, 4) is 0 Å². The molecule has 0 spiro atoms. The largest absolute Gasteiger partial charge is 0.342 e. The number of piperidine rings is 1. The van der Waals surface area contributed by atoms with Gasteiger partial charge in [0.1, 0.15) is 6.33 Å². The molecule has 10 nitrogen and oxygen atoms in total. The van der Waals surface area contributed by atoms with Gasteiger partial charge in [-0.05, 0) is 80.2 Å². The number of nitrogens with two attached hydrogens (primary N) is 1. The Hall–Kier alpha value is -3.67. The van der Waals surface area contributed by atoms with Gasteiger partial charge in [0, 0.05) is 39.3 Å². The fourth-order valence-corrected chi connectivity index (χ4v) is 8.23. The van der Waals surface area contributed by atoms with Gasteiger partial charge >= 0.3 is 0 Å². The number of rotatable bonds is 8. The van der Waals surface area contributed by atoms with E-state index in [4.69, 9.17) is 5.14 Å². The molecule has 3 aliphatic rings. The van der Waals surface area contributed by atoms with Gasteiger partial charge in [-0.2, -0.15) is 0 Å². The second-order valence-electron chi connectivity index (χ2n) is 13.1. The minimum Gasteiger partial charge on any atom is -0.342 e. The first-order chi connectivity index (χ1) is 21.5. The SMILES string of the molecule is Cc1ncnc(C)c1C(=O)N1CC2CN(CCC3(c4ccccc4)CCN(C(=O)Cc4cccc(S(N)(=O)=O)c4)CC3)CC2C1. The molecule has 11 heteroatoms. The van der Waals surface area contributed by atoms with Crippen LogP contribution in [0.4, 0.5) is 0 Å². The summed E-state index contributed by atoms with van der Waals surface area (Å²) >= 11 is 0. The standard InChI is InChI=1S/C34H42N6O4S/c1-24-32(25(2)37-23-36-24)33(42)40-21-27-19-38(20-28(27)22-40)14-11-34(29-8-4-3-5-9-29)12-15-39(16-13-34)31(41)18-26-7-6-10-30(17-26)45(35,43)44/h3-10,17,23,27-28H,11-16,18-22H2,1-2H3,(H2,35,43,44). The maximum atomic E-state index is 13.3. The van der Waals surface area contributed by atoms with Crippen molar-refractivity contribution in [1.82, 2.24) is 24.7 Å². The number of aryl methyl sites for hydroxylation is 2. The number of aromatic nitrogens is 2. The van der Waals surface area contributed by atoms with Crippen LogP contribution in [0.1, 0.15) is 52.1 Å². The number of hydrogen-bond donors (Lipinski definition) is 1. The Labute approximate surface area is 265 Å². The van der Waals surface area contributed by atoms with E-state index in [0.717, 1.165) is 63.4 Å². The van der Waals surface area contributed by atoms with Crippen LogP contribution in [0.15, 0.2) is 65.8 Å². The minimum atomic E-state index is -3.82. The van der Waals surface area contributed by atoms with Crippen molar-refractivity contribution in [2.45, 2.75) is 49.8 Å². The lowest BCUT2D eigenvalue weighted by Gasteiger charge is -2.43. The molecule has 6 rings (SSSR count). The molecule has 0 bridgehead atoms. The average Bonchev–Trinajstić information content (AvgIpc) is 3.60. The Balaban J connectivity index is 1.06. The lowest BCUT2D eigenvalue weighted by Crippen LogP contribution is -2.47. The predicted molar refractivity (Wildman–Crippen MR) is 171 cm³/mol. The summed E-state index contributed by atoms with van der Waals surface area (Å²) in [4.78, 5) is 41.6. The fourth-order valence-electron chi connectivity index (χ4n) is 7.65. The molecule has 0 aliphatic carbocycles. The van der Waals surface area contributed by atoms with Crippen LogP contribution in [-0.4, -0.2) is 90.7 Å². The number of hydrogen-bond acceptors (Lipinski definition) is 7. The molecule has 0 radical (unpaired) electrons. The van der Waals surface area contributed by atoms with Crippen molar-refractivity contribution >= 4 is 21.8 Å². The summed E-state index contributed by atoms with van der Waals surface area (Å²) in [6.45, 7) is 9.58. The van der Waals surface area contributed by atoms with Crippen LogP contribution in [-0.2, 0) is 26.7 Å². The summed E-state index contributed by atoms with van der Waals surface area (Å²) in [6.07, 6.45) is 4.42. The molecule has 2 aromatic carbocycles. The van der Waals surface area contributed by atoms with E-state index in [1.165, 1.54) is 24.0 Å². The van der Waals surface area contributed by atoms with E-state index >= 15 is 0 Å². The summed E-state index contributed by atoms with van der Waals surface area (Å²) in [5.41, 5.74) is 4.07. The Morgan fingerprint density at radius 3 is 2.16 bits per heavy atom. The van der Waals surface area contributed by atoms with Crippen molar-refractivity contribution < 1.29 is 18.0 Å². The molecule has 3 fully saturated rings. The number of nitrogens with zero attached hydrogens (tertiary/aromatic N) is 5. The highest BCUT2D eigenvalue weighted by Gasteiger charge is 2.43. The first kappa shape index (κ1) is 31.3. The maximum absolute atomic E-state index is 13.3. The van der Waals surface area contributed by atoms with Crippen LogP contribution in [0.25, 0.3) is 0 Å². The Morgan fingerprint density at radius 1 is 0.889 bits per heavy atom. The molecule has 3 aliphatic heterocycles. The molecular formula is C34H42N6O4S. The number of likely N-dealkylation sites (tertiary alicyclic amines) is 3. The van der Waals surface area contributed by atoms with Crippen LogP contribution >= 0.6 is 0 Å². The highest BCUT2D eigenvalue weighted by molar-refractivity contribution is 7.89. The minimum absolute atomic E-state index is 0.00199. The van der Waals surface area contributed by atoms with Crippen molar-refractivity contribution in [3.05, 3.63) is 89.0 Å². The van der Waals surface area contributed by atoms with Gasteiger partial charge in [-0.25, -0.2) is 23.5 Å². The normalized spacial score (nSPS) is 21.6. The van der Waals surface area contributed by atoms with Gasteiger partial charge in [-0.1, -0.05) is 42.5 Å².